The van der Waals surface area contributed by atoms with E-state index in [1.807, 2.05) is 0 Å². The molecule has 104 valence electrons. The van der Waals surface area contributed by atoms with Crippen molar-refractivity contribution in [3.05, 3.63) is 35.4 Å². The lowest BCUT2D eigenvalue weighted by molar-refractivity contribution is 0.0413. The monoisotopic (exact) mass is 330 g/mol. The molecule has 1 heterocycles. The van der Waals surface area contributed by atoms with Gasteiger partial charge in [0, 0.05) is 23.4 Å². The summed E-state index contributed by atoms with van der Waals surface area (Å²) >= 11 is 3.60. The Labute approximate surface area is 120 Å². The molecule has 1 aromatic rings. The smallest absolute Gasteiger partial charge is 0.126 e. The minimum atomic E-state index is -0.499. The van der Waals surface area contributed by atoms with Crippen LogP contribution in [0.4, 0.5) is 8.78 Å². The van der Waals surface area contributed by atoms with Gasteiger partial charge in [0.25, 0.3) is 0 Å². The maximum absolute atomic E-state index is 13.3. The van der Waals surface area contributed by atoms with E-state index < -0.39 is 11.6 Å². The first-order valence-corrected chi connectivity index (χ1v) is 7.88. The normalized spacial score (nSPS) is 30.8. The highest BCUT2D eigenvalue weighted by Crippen LogP contribution is 2.50. The zero-order valence-corrected chi connectivity index (χ0v) is 12.3. The van der Waals surface area contributed by atoms with Gasteiger partial charge in [0.05, 0.1) is 6.10 Å². The molecule has 2 aliphatic rings. The van der Waals surface area contributed by atoms with E-state index in [2.05, 4.69) is 15.9 Å². The SMILES string of the molecule is Fc1cc(F)cc(CC2(CBr)CCOC2C2CC2)c1. The van der Waals surface area contributed by atoms with Gasteiger partial charge in [-0.25, -0.2) is 8.78 Å². The first kappa shape index (κ1) is 13.5. The largest absolute Gasteiger partial charge is 0.377 e. The molecule has 0 spiro atoms. The summed E-state index contributed by atoms with van der Waals surface area (Å²) in [5.74, 6) is -0.360. The Balaban J connectivity index is 1.85. The van der Waals surface area contributed by atoms with Gasteiger partial charge in [-0.05, 0) is 49.3 Å². The molecule has 0 aromatic heterocycles. The van der Waals surface area contributed by atoms with Crippen LogP contribution in [0.15, 0.2) is 18.2 Å². The number of alkyl halides is 1. The molecule has 1 aliphatic heterocycles. The van der Waals surface area contributed by atoms with Crippen LogP contribution in [-0.4, -0.2) is 18.0 Å². The van der Waals surface area contributed by atoms with Crippen molar-refractivity contribution in [2.75, 3.05) is 11.9 Å². The van der Waals surface area contributed by atoms with E-state index in [-0.39, 0.29) is 11.5 Å². The third-order valence-electron chi connectivity index (χ3n) is 4.30. The molecule has 0 N–H and O–H groups in total. The van der Waals surface area contributed by atoms with Crippen LogP contribution in [0.2, 0.25) is 0 Å². The second-order valence-electron chi connectivity index (χ2n) is 5.83. The summed E-state index contributed by atoms with van der Waals surface area (Å²) in [6.07, 6.45) is 4.30. The van der Waals surface area contributed by atoms with Crippen LogP contribution in [-0.2, 0) is 11.2 Å². The zero-order chi connectivity index (χ0) is 13.5. The first-order valence-electron chi connectivity index (χ1n) is 6.75. The molecule has 1 saturated carbocycles. The van der Waals surface area contributed by atoms with Crippen molar-refractivity contribution in [1.29, 1.82) is 0 Å². The van der Waals surface area contributed by atoms with Gasteiger partial charge in [0.1, 0.15) is 11.6 Å². The van der Waals surface area contributed by atoms with Crippen molar-refractivity contribution in [1.82, 2.24) is 0 Å². The molecule has 1 aliphatic carbocycles. The van der Waals surface area contributed by atoms with Crippen LogP contribution < -0.4 is 0 Å². The van der Waals surface area contributed by atoms with Gasteiger partial charge in [-0.1, -0.05) is 15.9 Å². The number of benzene rings is 1. The van der Waals surface area contributed by atoms with Crippen molar-refractivity contribution in [3.8, 4) is 0 Å². The van der Waals surface area contributed by atoms with E-state index in [0.29, 0.717) is 12.3 Å². The number of ether oxygens (including phenoxy) is 1. The molecule has 2 fully saturated rings. The minimum absolute atomic E-state index is 0.0125. The minimum Gasteiger partial charge on any atom is -0.377 e. The molecule has 2 unspecified atom stereocenters. The first-order chi connectivity index (χ1) is 9.13. The van der Waals surface area contributed by atoms with Crippen LogP contribution in [0.5, 0.6) is 0 Å². The maximum atomic E-state index is 13.3. The van der Waals surface area contributed by atoms with E-state index in [0.717, 1.165) is 30.0 Å². The van der Waals surface area contributed by atoms with Gasteiger partial charge >= 0.3 is 0 Å². The van der Waals surface area contributed by atoms with Gasteiger partial charge in [-0.15, -0.1) is 0 Å². The Bertz CT molecular complexity index is 455. The highest BCUT2D eigenvalue weighted by atomic mass is 79.9. The van der Waals surface area contributed by atoms with Gasteiger partial charge < -0.3 is 4.74 Å². The molecule has 3 rings (SSSR count). The van der Waals surface area contributed by atoms with E-state index >= 15 is 0 Å². The van der Waals surface area contributed by atoms with Crippen LogP contribution in [0, 0.1) is 23.0 Å². The predicted octanol–water partition coefficient (Wildman–Crippen LogP) is 4.09. The fourth-order valence-corrected chi connectivity index (χ4v) is 4.04. The third-order valence-corrected chi connectivity index (χ3v) is 5.41. The van der Waals surface area contributed by atoms with Crippen molar-refractivity contribution < 1.29 is 13.5 Å². The standard InChI is InChI=1S/C15H17BrF2O/c16-9-15(3-4-19-14(15)11-1-2-11)8-10-5-12(17)7-13(18)6-10/h5-7,11,14H,1-4,8-9H2. The molecule has 1 aromatic carbocycles. The topological polar surface area (TPSA) is 9.23 Å². The number of rotatable bonds is 4. The maximum Gasteiger partial charge on any atom is 0.126 e. The van der Waals surface area contributed by atoms with Crippen molar-refractivity contribution >= 4 is 15.9 Å². The Morgan fingerprint density at radius 3 is 2.47 bits per heavy atom. The van der Waals surface area contributed by atoms with E-state index in [1.54, 1.807) is 0 Å². The summed E-state index contributed by atoms with van der Waals surface area (Å²) in [5.41, 5.74) is 0.717. The summed E-state index contributed by atoms with van der Waals surface area (Å²) < 4.78 is 32.5. The molecule has 2 atom stereocenters. The lowest BCUT2D eigenvalue weighted by atomic mass is 9.76. The summed E-state index contributed by atoms with van der Waals surface area (Å²) in [5, 5.41) is 0.819. The molecule has 0 radical (unpaired) electrons. The molecule has 1 nitrogen and oxygen atoms in total. The second kappa shape index (κ2) is 5.13. The van der Waals surface area contributed by atoms with Gasteiger partial charge in [-0.2, -0.15) is 0 Å². The summed E-state index contributed by atoms with van der Waals surface area (Å²) in [4.78, 5) is 0. The Morgan fingerprint density at radius 1 is 1.21 bits per heavy atom. The number of hydrogen-bond acceptors (Lipinski definition) is 1. The fraction of sp³-hybridized carbons (Fsp3) is 0.600. The molecular weight excluding hydrogens is 314 g/mol. The van der Waals surface area contributed by atoms with E-state index in [1.165, 1.54) is 25.0 Å². The fourth-order valence-electron chi connectivity index (χ4n) is 3.24. The summed E-state index contributed by atoms with van der Waals surface area (Å²) in [6, 6.07) is 3.80. The Kier molecular flexibility index (Phi) is 3.65. The van der Waals surface area contributed by atoms with E-state index in [4.69, 9.17) is 4.74 Å². The summed E-state index contributed by atoms with van der Waals surface area (Å²) in [6.45, 7) is 0.755. The van der Waals surface area contributed by atoms with Crippen LogP contribution >= 0.6 is 15.9 Å². The Hall–Kier alpha value is -0.480. The predicted molar refractivity (Wildman–Crippen MR) is 73.4 cm³/mol. The van der Waals surface area contributed by atoms with Crippen LogP contribution in [0.25, 0.3) is 0 Å². The molecule has 0 bridgehead atoms. The lowest BCUT2D eigenvalue weighted by Crippen LogP contribution is -2.36. The van der Waals surface area contributed by atoms with Crippen molar-refractivity contribution in [3.63, 3.8) is 0 Å². The lowest BCUT2D eigenvalue weighted by Gasteiger charge is -2.32. The van der Waals surface area contributed by atoms with Gasteiger partial charge in [-0.3, -0.25) is 0 Å². The number of halogens is 3. The molecule has 19 heavy (non-hydrogen) atoms. The Morgan fingerprint density at radius 2 is 1.89 bits per heavy atom. The molecule has 4 heteroatoms. The molecule has 0 amide bonds. The van der Waals surface area contributed by atoms with Crippen molar-refractivity contribution in [2.24, 2.45) is 11.3 Å². The van der Waals surface area contributed by atoms with Crippen LogP contribution in [0.1, 0.15) is 24.8 Å². The molecular formula is C15H17BrF2O. The molecule has 1 saturated heterocycles. The zero-order valence-electron chi connectivity index (χ0n) is 10.7. The second-order valence-corrected chi connectivity index (χ2v) is 6.39. The highest BCUT2D eigenvalue weighted by molar-refractivity contribution is 9.09. The summed E-state index contributed by atoms with van der Waals surface area (Å²) in [7, 11) is 0. The number of hydrogen-bond donors (Lipinski definition) is 0. The van der Waals surface area contributed by atoms with E-state index in [9.17, 15) is 8.78 Å². The quantitative estimate of drug-likeness (QED) is 0.755. The average Bonchev–Trinajstić information content (AvgIpc) is 3.10. The third kappa shape index (κ3) is 2.70. The van der Waals surface area contributed by atoms with Crippen molar-refractivity contribution in [2.45, 2.75) is 31.8 Å². The highest BCUT2D eigenvalue weighted by Gasteiger charge is 2.50. The average molecular weight is 331 g/mol. The van der Waals surface area contributed by atoms with Gasteiger partial charge in [0.2, 0.25) is 0 Å². The van der Waals surface area contributed by atoms with Crippen LogP contribution in [0.3, 0.4) is 0 Å². The van der Waals surface area contributed by atoms with Gasteiger partial charge in [0.15, 0.2) is 0 Å².